The van der Waals surface area contributed by atoms with Gasteiger partial charge in [0.05, 0.1) is 32.1 Å². The van der Waals surface area contributed by atoms with Crippen molar-refractivity contribution in [1.29, 1.82) is 0 Å². The van der Waals surface area contributed by atoms with Crippen molar-refractivity contribution in [2.75, 3.05) is 14.2 Å². The Hall–Kier alpha value is -4.39. The molecule has 0 saturated carbocycles. The molecule has 0 fully saturated rings. The Labute approximate surface area is 220 Å². The minimum atomic E-state index is -0.440. The molecular weight excluding hydrogens is 482 g/mol. The third-order valence-electron chi connectivity index (χ3n) is 6.19. The Morgan fingerprint density at radius 1 is 0.737 bits per heavy atom. The summed E-state index contributed by atoms with van der Waals surface area (Å²) in [5.74, 6) is 2.48. The van der Waals surface area contributed by atoms with Crippen LogP contribution >= 0.6 is 0 Å². The van der Waals surface area contributed by atoms with Gasteiger partial charge in [-0.1, -0.05) is 24.3 Å². The van der Waals surface area contributed by atoms with Crippen LogP contribution in [0.4, 0.5) is 0 Å². The van der Waals surface area contributed by atoms with Gasteiger partial charge in [-0.25, -0.2) is 4.79 Å². The molecule has 38 heavy (non-hydrogen) atoms. The highest BCUT2D eigenvalue weighted by molar-refractivity contribution is 6.15. The molecule has 196 valence electrons. The third kappa shape index (κ3) is 4.56. The Balaban J connectivity index is 1.83. The number of para-hydroxylation sites is 1. The molecule has 0 saturated heterocycles. The number of hydrogen-bond acceptors (Lipinski definition) is 6. The van der Waals surface area contributed by atoms with Crippen LogP contribution < -0.4 is 24.6 Å². The summed E-state index contributed by atoms with van der Waals surface area (Å²) in [6.45, 7) is 7.87. The van der Waals surface area contributed by atoms with Crippen molar-refractivity contribution in [2.45, 2.75) is 39.9 Å². The van der Waals surface area contributed by atoms with Gasteiger partial charge < -0.3 is 28.3 Å². The zero-order chi connectivity index (χ0) is 27.0. The molecule has 7 nitrogen and oxygen atoms in total. The van der Waals surface area contributed by atoms with Gasteiger partial charge in [0.15, 0.2) is 23.0 Å². The van der Waals surface area contributed by atoms with E-state index in [1.807, 2.05) is 82.3 Å². The fourth-order valence-electron chi connectivity index (χ4n) is 4.69. The number of fused-ring (bicyclic) bond motifs is 3. The van der Waals surface area contributed by atoms with Gasteiger partial charge >= 0.3 is 5.63 Å². The summed E-state index contributed by atoms with van der Waals surface area (Å²) < 4.78 is 28.9. The van der Waals surface area contributed by atoms with Crippen molar-refractivity contribution >= 4 is 21.9 Å². The predicted molar refractivity (Wildman–Crippen MR) is 150 cm³/mol. The van der Waals surface area contributed by atoms with E-state index in [4.69, 9.17) is 23.4 Å². The summed E-state index contributed by atoms with van der Waals surface area (Å²) in [6.07, 6.45) is -0.0144. The Bertz CT molecular complexity index is 1680. The maximum Gasteiger partial charge on any atom is 0.360 e. The molecule has 0 aliphatic rings. The fraction of sp³-hybridized carbons (Fsp3) is 0.258. The Kier molecular flexibility index (Phi) is 6.76. The lowest BCUT2D eigenvalue weighted by molar-refractivity contribution is 0.230. The zero-order valence-electron chi connectivity index (χ0n) is 22.4. The number of aromatic amines is 1. The van der Waals surface area contributed by atoms with Gasteiger partial charge in [0.25, 0.3) is 0 Å². The first kappa shape index (κ1) is 25.3. The summed E-state index contributed by atoms with van der Waals surface area (Å²) >= 11 is 0. The minimum absolute atomic E-state index is 0.00609. The van der Waals surface area contributed by atoms with E-state index in [9.17, 15) is 4.79 Å². The summed E-state index contributed by atoms with van der Waals surface area (Å²) in [6, 6.07) is 19.1. The van der Waals surface area contributed by atoms with Gasteiger partial charge in [0.1, 0.15) is 11.1 Å². The molecule has 7 heteroatoms. The molecule has 0 bridgehead atoms. The number of methoxy groups -OCH3 is 2. The molecule has 0 aliphatic heterocycles. The summed E-state index contributed by atoms with van der Waals surface area (Å²) in [7, 11) is 3.23. The molecule has 0 atom stereocenters. The maximum absolute atomic E-state index is 13.1. The van der Waals surface area contributed by atoms with Crippen LogP contribution in [0.3, 0.4) is 0 Å². The van der Waals surface area contributed by atoms with Crippen molar-refractivity contribution in [1.82, 2.24) is 4.98 Å². The molecule has 0 amide bonds. The van der Waals surface area contributed by atoms with E-state index >= 15 is 0 Å². The molecule has 0 spiro atoms. The first-order chi connectivity index (χ1) is 18.3. The second-order valence-electron chi connectivity index (χ2n) is 9.58. The van der Waals surface area contributed by atoms with Crippen LogP contribution in [0.2, 0.25) is 0 Å². The molecule has 0 radical (unpaired) electrons. The first-order valence-electron chi connectivity index (χ1n) is 12.6. The van der Waals surface area contributed by atoms with Crippen LogP contribution in [0.5, 0.6) is 23.0 Å². The zero-order valence-corrected chi connectivity index (χ0v) is 22.4. The second kappa shape index (κ2) is 10.2. The topological polar surface area (TPSA) is 82.9 Å². The van der Waals surface area contributed by atoms with Crippen molar-refractivity contribution in [3.63, 3.8) is 0 Å². The van der Waals surface area contributed by atoms with E-state index in [1.165, 1.54) is 0 Å². The van der Waals surface area contributed by atoms with Gasteiger partial charge in [-0.2, -0.15) is 0 Å². The maximum atomic E-state index is 13.1. The molecule has 2 aromatic heterocycles. The highest BCUT2D eigenvalue weighted by Crippen LogP contribution is 2.44. The van der Waals surface area contributed by atoms with Gasteiger partial charge in [0, 0.05) is 21.9 Å². The molecule has 2 heterocycles. The van der Waals surface area contributed by atoms with Crippen LogP contribution in [0, 0.1) is 0 Å². The monoisotopic (exact) mass is 513 g/mol. The predicted octanol–water partition coefficient (Wildman–Crippen LogP) is 7.20. The van der Waals surface area contributed by atoms with Crippen LogP contribution in [0.1, 0.15) is 27.7 Å². The van der Waals surface area contributed by atoms with Gasteiger partial charge in [-0.05, 0) is 69.7 Å². The van der Waals surface area contributed by atoms with Gasteiger partial charge in [-0.15, -0.1) is 0 Å². The van der Waals surface area contributed by atoms with Gasteiger partial charge in [0.2, 0.25) is 0 Å². The molecule has 0 aliphatic carbocycles. The summed E-state index contributed by atoms with van der Waals surface area (Å²) in [5.41, 5.74) is 3.74. The standard InChI is InChI=1S/C31H31NO6/c1-17(2)36-23-13-11-19(15-25(23)34-5)27-28-21-9-7-8-10-22(21)38-31(33)30(28)32-29(27)20-12-14-24(37-18(3)4)26(16-20)35-6/h7-18,32H,1-6H3. The van der Waals surface area contributed by atoms with Crippen LogP contribution in [-0.4, -0.2) is 31.4 Å². The van der Waals surface area contributed by atoms with Crippen LogP contribution in [0.15, 0.2) is 69.9 Å². The Morgan fingerprint density at radius 3 is 1.92 bits per heavy atom. The van der Waals surface area contributed by atoms with E-state index in [0.717, 1.165) is 33.2 Å². The summed E-state index contributed by atoms with van der Waals surface area (Å²) in [4.78, 5) is 16.5. The first-order valence-corrected chi connectivity index (χ1v) is 12.6. The van der Waals surface area contributed by atoms with E-state index in [0.29, 0.717) is 34.1 Å². The van der Waals surface area contributed by atoms with Crippen LogP contribution in [-0.2, 0) is 0 Å². The van der Waals surface area contributed by atoms with Crippen molar-refractivity contribution in [3.8, 4) is 45.4 Å². The number of H-pyrrole nitrogens is 1. The smallest absolute Gasteiger partial charge is 0.360 e. The minimum Gasteiger partial charge on any atom is -0.493 e. The fourth-order valence-corrected chi connectivity index (χ4v) is 4.69. The number of ether oxygens (including phenoxy) is 4. The van der Waals surface area contributed by atoms with E-state index in [1.54, 1.807) is 20.3 Å². The largest absolute Gasteiger partial charge is 0.493 e. The Morgan fingerprint density at radius 2 is 1.32 bits per heavy atom. The van der Waals surface area contributed by atoms with Crippen molar-refractivity contribution in [2.24, 2.45) is 0 Å². The molecule has 1 N–H and O–H groups in total. The number of hydrogen-bond donors (Lipinski definition) is 1. The molecular formula is C31H31NO6. The highest BCUT2D eigenvalue weighted by atomic mass is 16.5. The van der Waals surface area contributed by atoms with E-state index in [-0.39, 0.29) is 12.2 Å². The van der Waals surface area contributed by atoms with Crippen molar-refractivity contribution in [3.05, 3.63) is 71.1 Å². The SMILES string of the molecule is COc1cc(-c2[nH]c3c(=O)oc4ccccc4c3c2-c2ccc(OC(C)C)c(OC)c2)ccc1OC(C)C. The van der Waals surface area contributed by atoms with Gasteiger partial charge in [-0.3, -0.25) is 0 Å². The second-order valence-corrected chi connectivity index (χ2v) is 9.58. The van der Waals surface area contributed by atoms with Crippen molar-refractivity contribution < 1.29 is 23.4 Å². The lowest BCUT2D eigenvalue weighted by atomic mass is 9.96. The normalized spacial score (nSPS) is 11.5. The average molecular weight is 514 g/mol. The quantitative estimate of drug-likeness (QED) is 0.221. The number of aromatic nitrogens is 1. The third-order valence-corrected chi connectivity index (χ3v) is 6.19. The average Bonchev–Trinajstić information content (AvgIpc) is 3.30. The van der Waals surface area contributed by atoms with E-state index < -0.39 is 5.63 Å². The molecule has 5 rings (SSSR count). The number of benzene rings is 3. The van der Waals surface area contributed by atoms with Crippen LogP contribution in [0.25, 0.3) is 44.3 Å². The molecule has 0 unspecified atom stereocenters. The number of rotatable bonds is 8. The molecule has 5 aromatic rings. The lowest BCUT2D eigenvalue weighted by Gasteiger charge is -2.16. The molecule has 3 aromatic carbocycles. The number of nitrogens with one attached hydrogen (secondary N) is 1. The lowest BCUT2D eigenvalue weighted by Crippen LogP contribution is -2.06. The van der Waals surface area contributed by atoms with E-state index in [2.05, 4.69) is 4.98 Å². The summed E-state index contributed by atoms with van der Waals surface area (Å²) in [5, 5.41) is 1.60. The highest BCUT2D eigenvalue weighted by Gasteiger charge is 2.23.